The third-order valence-corrected chi connectivity index (χ3v) is 6.29. The SMILES string of the molecule is CN=C(NCCN(CC1CC1)C1CC1)N1CC(C)(C)C1(C)C.I. The fourth-order valence-electron chi connectivity index (χ4n) is 3.50. The van der Waals surface area contributed by atoms with E-state index >= 15 is 0 Å². The first-order chi connectivity index (χ1) is 10.3. The molecule has 0 unspecified atom stereocenters. The zero-order chi connectivity index (χ0) is 16.0. The van der Waals surface area contributed by atoms with Crippen molar-refractivity contribution in [1.82, 2.24) is 15.1 Å². The van der Waals surface area contributed by atoms with E-state index in [0.29, 0.717) is 5.41 Å². The average Bonchev–Trinajstić information content (AvgIpc) is 3.34. The van der Waals surface area contributed by atoms with E-state index < -0.39 is 0 Å². The van der Waals surface area contributed by atoms with Crippen LogP contribution in [-0.2, 0) is 0 Å². The van der Waals surface area contributed by atoms with E-state index in [1.807, 2.05) is 7.05 Å². The predicted octanol–water partition coefficient (Wildman–Crippen LogP) is 3.17. The molecule has 134 valence electrons. The van der Waals surface area contributed by atoms with Crippen LogP contribution in [0.1, 0.15) is 53.4 Å². The number of guanidine groups is 1. The fourth-order valence-corrected chi connectivity index (χ4v) is 3.50. The summed E-state index contributed by atoms with van der Waals surface area (Å²) < 4.78 is 0. The van der Waals surface area contributed by atoms with Crippen LogP contribution in [-0.4, -0.2) is 60.6 Å². The normalized spacial score (nSPS) is 25.8. The summed E-state index contributed by atoms with van der Waals surface area (Å²) in [5.41, 5.74) is 0.537. The van der Waals surface area contributed by atoms with Crippen LogP contribution in [0.2, 0.25) is 0 Å². The first-order valence-electron chi connectivity index (χ1n) is 9.07. The molecule has 0 aromatic heterocycles. The zero-order valence-electron chi connectivity index (χ0n) is 15.6. The highest BCUT2D eigenvalue weighted by Crippen LogP contribution is 2.46. The van der Waals surface area contributed by atoms with Gasteiger partial charge in [-0.15, -0.1) is 24.0 Å². The molecular weight excluding hydrogens is 399 g/mol. The molecule has 1 N–H and O–H groups in total. The predicted molar refractivity (Wildman–Crippen MR) is 109 cm³/mol. The molecule has 0 aromatic rings. The van der Waals surface area contributed by atoms with E-state index in [1.54, 1.807) is 0 Å². The molecule has 1 heterocycles. The van der Waals surface area contributed by atoms with Crippen molar-refractivity contribution in [3.05, 3.63) is 0 Å². The Balaban J connectivity index is 0.00000192. The summed E-state index contributed by atoms with van der Waals surface area (Å²) in [6.07, 6.45) is 5.73. The van der Waals surface area contributed by atoms with Gasteiger partial charge in [0, 0.05) is 50.2 Å². The minimum Gasteiger partial charge on any atom is -0.355 e. The van der Waals surface area contributed by atoms with Gasteiger partial charge in [0.2, 0.25) is 0 Å². The van der Waals surface area contributed by atoms with E-state index in [0.717, 1.165) is 37.6 Å². The van der Waals surface area contributed by atoms with Gasteiger partial charge >= 0.3 is 0 Å². The van der Waals surface area contributed by atoms with Gasteiger partial charge in [0.05, 0.1) is 0 Å². The molecule has 0 atom stereocenters. The summed E-state index contributed by atoms with van der Waals surface area (Å²) in [6.45, 7) is 13.9. The lowest BCUT2D eigenvalue weighted by Crippen LogP contribution is -2.72. The second-order valence-corrected chi connectivity index (χ2v) is 8.67. The molecular formula is C18H35IN4. The maximum Gasteiger partial charge on any atom is 0.194 e. The molecule has 0 amide bonds. The molecule has 2 saturated carbocycles. The molecule has 3 fully saturated rings. The summed E-state index contributed by atoms with van der Waals surface area (Å²) in [5.74, 6) is 2.07. The maximum absolute atomic E-state index is 4.51. The summed E-state index contributed by atoms with van der Waals surface area (Å²) in [7, 11) is 1.91. The molecule has 0 radical (unpaired) electrons. The topological polar surface area (TPSA) is 30.9 Å². The Labute approximate surface area is 159 Å². The van der Waals surface area contributed by atoms with Gasteiger partial charge in [0.15, 0.2) is 5.96 Å². The molecule has 4 nitrogen and oxygen atoms in total. The number of nitrogens with one attached hydrogen (secondary N) is 1. The lowest BCUT2D eigenvalue weighted by atomic mass is 9.65. The number of hydrogen-bond acceptors (Lipinski definition) is 2. The van der Waals surface area contributed by atoms with Crippen LogP contribution in [0.15, 0.2) is 4.99 Å². The second kappa shape index (κ2) is 7.06. The van der Waals surface area contributed by atoms with Crippen molar-refractivity contribution in [1.29, 1.82) is 0 Å². The molecule has 0 spiro atoms. The number of likely N-dealkylation sites (tertiary alicyclic amines) is 1. The van der Waals surface area contributed by atoms with Gasteiger partial charge in [-0.1, -0.05) is 13.8 Å². The summed E-state index contributed by atoms with van der Waals surface area (Å²) in [4.78, 5) is 9.65. The molecule has 23 heavy (non-hydrogen) atoms. The summed E-state index contributed by atoms with van der Waals surface area (Å²) >= 11 is 0. The zero-order valence-corrected chi connectivity index (χ0v) is 17.9. The minimum absolute atomic E-state index is 0. The van der Waals surface area contributed by atoms with E-state index in [4.69, 9.17) is 0 Å². The highest BCUT2D eigenvalue weighted by Gasteiger charge is 2.53. The first kappa shape index (κ1) is 19.3. The molecule has 3 aliphatic rings. The fraction of sp³-hybridized carbons (Fsp3) is 0.944. The van der Waals surface area contributed by atoms with Crippen LogP contribution in [0.25, 0.3) is 0 Å². The largest absolute Gasteiger partial charge is 0.355 e. The maximum atomic E-state index is 4.51. The number of nitrogens with zero attached hydrogens (tertiary/aromatic N) is 3. The average molecular weight is 434 g/mol. The Morgan fingerprint density at radius 2 is 1.83 bits per heavy atom. The summed E-state index contributed by atoms with van der Waals surface area (Å²) in [6, 6.07) is 0.879. The third-order valence-electron chi connectivity index (χ3n) is 6.29. The quantitative estimate of drug-likeness (QED) is 0.396. The van der Waals surface area contributed by atoms with Gasteiger partial charge in [-0.05, 0) is 45.4 Å². The van der Waals surface area contributed by atoms with Crippen molar-refractivity contribution >= 4 is 29.9 Å². The molecule has 1 saturated heterocycles. The van der Waals surface area contributed by atoms with Crippen LogP contribution >= 0.6 is 24.0 Å². The van der Waals surface area contributed by atoms with Crippen LogP contribution in [0.5, 0.6) is 0 Å². The number of hydrogen-bond donors (Lipinski definition) is 1. The minimum atomic E-state index is 0. The highest BCUT2D eigenvalue weighted by molar-refractivity contribution is 14.0. The standard InChI is InChI=1S/C18H34N4.HI/c1-17(2)13-22(18(17,3)4)16(19-5)20-10-11-21(15-8-9-15)12-14-6-7-14;/h14-15H,6-13H2,1-5H3,(H,19,20);1H. The highest BCUT2D eigenvalue weighted by atomic mass is 127. The number of aliphatic imine (C=N–C) groups is 1. The molecule has 0 aromatic carbocycles. The number of halogens is 1. The van der Waals surface area contributed by atoms with E-state index in [2.05, 4.69) is 47.8 Å². The van der Waals surface area contributed by atoms with Gasteiger partial charge in [0.1, 0.15) is 0 Å². The van der Waals surface area contributed by atoms with Gasteiger partial charge in [0.25, 0.3) is 0 Å². The van der Waals surface area contributed by atoms with Crippen molar-refractivity contribution < 1.29 is 0 Å². The van der Waals surface area contributed by atoms with Crippen molar-refractivity contribution in [2.24, 2.45) is 16.3 Å². The van der Waals surface area contributed by atoms with Crippen LogP contribution in [0.3, 0.4) is 0 Å². The van der Waals surface area contributed by atoms with Crippen LogP contribution in [0, 0.1) is 11.3 Å². The van der Waals surface area contributed by atoms with Crippen LogP contribution in [0.4, 0.5) is 0 Å². The molecule has 1 aliphatic heterocycles. The Hall–Kier alpha value is -0.0400. The monoisotopic (exact) mass is 434 g/mol. The van der Waals surface area contributed by atoms with Gasteiger partial charge in [-0.2, -0.15) is 0 Å². The Kier molecular flexibility index (Phi) is 5.92. The molecule has 3 rings (SSSR count). The van der Waals surface area contributed by atoms with E-state index in [1.165, 1.54) is 32.2 Å². The summed E-state index contributed by atoms with van der Waals surface area (Å²) in [5, 5.41) is 3.61. The lowest BCUT2D eigenvalue weighted by molar-refractivity contribution is -0.0667. The molecule has 2 aliphatic carbocycles. The van der Waals surface area contributed by atoms with Gasteiger partial charge in [-0.25, -0.2) is 0 Å². The van der Waals surface area contributed by atoms with Crippen LogP contribution < -0.4 is 5.32 Å². The van der Waals surface area contributed by atoms with Crippen molar-refractivity contribution in [3.63, 3.8) is 0 Å². The Bertz CT molecular complexity index is 438. The first-order valence-corrected chi connectivity index (χ1v) is 9.07. The van der Waals surface area contributed by atoms with Gasteiger partial charge in [-0.3, -0.25) is 9.89 Å². The lowest BCUT2D eigenvalue weighted by Gasteiger charge is -2.62. The third kappa shape index (κ3) is 4.14. The Morgan fingerprint density at radius 1 is 1.17 bits per heavy atom. The van der Waals surface area contributed by atoms with Crippen molar-refractivity contribution in [2.75, 3.05) is 33.2 Å². The van der Waals surface area contributed by atoms with Gasteiger partial charge < -0.3 is 10.2 Å². The smallest absolute Gasteiger partial charge is 0.194 e. The number of rotatable bonds is 6. The van der Waals surface area contributed by atoms with E-state index in [-0.39, 0.29) is 29.5 Å². The second-order valence-electron chi connectivity index (χ2n) is 8.67. The van der Waals surface area contributed by atoms with E-state index in [9.17, 15) is 0 Å². The van der Waals surface area contributed by atoms with Crippen molar-refractivity contribution in [2.45, 2.75) is 65.0 Å². The molecule has 5 heteroatoms. The Morgan fingerprint density at radius 3 is 2.26 bits per heavy atom. The molecule has 0 bridgehead atoms. The van der Waals surface area contributed by atoms with Crippen molar-refractivity contribution in [3.8, 4) is 0 Å².